The number of carboxylic acids is 1. The molecule has 92 valence electrons. The molecular weight excluding hydrogens is 214 g/mol. The second-order valence-electron chi connectivity index (χ2n) is 5.64. The third-order valence-corrected chi connectivity index (χ3v) is 3.47. The highest BCUT2D eigenvalue weighted by molar-refractivity contribution is 5.97. The van der Waals surface area contributed by atoms with E-state index in [4.69, 9.17) is 0 Å². The average molecular weight is 233 g/mol. The summed E-state index contributed by atoms with van der Waals surface area (Å²) in [5.41, 5.74) is 3.11. The number of anilines is 1. The van der Waals surface area contributed by atoms with Crippen molar-refractivity contribution < 1.29 is 9.90 Å². The van der Waals surface area contributed by atoms with Gasteiger partial charge in [-0.3, -0.25) is 0 Å². The van der Waals surface area contributed by atoms with Crippen LogP contribution in [0, 0.1) is 6.92 Å². The van der Waals surface area contributed by atoms with Gasteiger partial charge in [0.25, 0.3) is 0 Å². The van der Waals surface area contributed by atoms with Gasteiger partial charge in [0.15, 0.2) is 0 Å². The van der Waals surface area contributed by atoms with Gasteiger partial charge < -0.3 is 10.4 Å². The Bertz CT molecular complexity index is 477. The maximum absolute atomic E-state index is 11.4. The average Bonchev–Trinajstić information content (AvgIpc) is 2.13. The zero-order valence-corrected chi connectivity index (χ0v) is 10.8. The molecule has 2 rings (SSSR count). The summed E-state index contributed by atoms with van der Waals surface area (Å²) in [5.74, 6) is -0.461. The maximum Gasteiger partial charge on any atom is 0.338 e. The molecule has 0 saturated heterocycles. The topological polar surface area (TPSA) is 49.3 Å². The Labute approximate surface area is 102 Å². The highest BCUT2D eigenvalue weighted by atomic mass is 16.4. The number of nitrogens with one attached hydrogen (secondary N) is 1. The van der Waals surface area contributed by atoms with Crippen molar-refractivity contribution in [3.8, 4) is 0 Å². The van der Waals surface area contributed by atoms with Gasteiger partial charge in [0.05, 0.1) is 11.3 Å². The SMILES string of the molecule is Cc1ccc2c(c1C(=O)O)NC(C)(C)CC2C. The first-order chi connectivity index (χ1) is 7.82. The summed E-state index contributed by atoms with van der Waals surface area (Å²) < 4.78 is 0. The standard InChI is InChI=1S/C14H19NO2/c1-8-5-6-10-9(2)7-14(3,4)15-12(10)11(8)13(16)17/h5-6,9,15H,7H2,1-4H3,(H,16,17). The van der Waals surface area contributed by atoms with Crippen molar-refractivity contribution in [2.75, 3.05) is 5.32 Å². The van der Waals surface area contributed by atoms with Crippen LogP contribution in [-0.4, -0.2) is 16.6 Å². The predicted molar refractivity (Wildman–Crippen MR) is 68.9 cm³/mol. The maximum atomic E-state index is 11.4. The zero-order valence-electron chi connectivity index (χ0n) is 10.8. The van der Waals surface area contributed by atoms with Crippen molar-refractivity contribution >= 4 is 11.7 Å². The largest absolute Gasteiger partial charge is 0.478 e. The molecule has 1 aliphatic heterocycles. The van der Waals surface area contributed by atoms with E-state index in [9.17, 15) is 9.90 Å². The molecule has 1 heterocycles. The van der Waals surface area contributed by atoms with Crippen LogP contribution in [0.2, 0.25) is 0 Å². The Morgan fingerprint density at radius 2 is 2.12 bits per heavy atom. The predicted octanol–water partition coefficient (Wildman–Crippen LogP) is 3.39. The van der Waals surface area contributed by atoms with E-state index in [2.05, 4.69) is 26.1 Å². The Morgan fingerprint density at radius 3 is 2.71 bits per heavy atom. The normalized spacial score (nSPS) is 21.5. The number of aromatic carboxylic acids is 1. The van der Waals surface area contributed by atoms with Crippen LogP contribution in [0.5, 0.6) is 0 Å². The van der Waals surface area contributed by atoms with E-state index in [-0.39, 0.29) is 5.54 Å². The van der Waals surface area contributed by atoms with Crippen LogP contribution in [0.25, 0.3) is 0 Å². The number of fused-ring (bicyclic) bond motifs is 1. The number of hydrogen-bond acceptors (Lipinski definition) is 2. The van der Waals surface area contributed by atoms with Crippen molar-refractivity contribution in [2.24, 2.45) is 0 Å². The Morgan fingerprint density at radius 1 is 1.47 bits per heavy atom. The molecule has 1 aromatic carbocycles. The van der Waals surface area contributed by atoms with Gasteiger partial charge in [0.2, 0.25) is 0 Å². The lowest BCUT2D eigenvalue weighted by molar-refractivity contribution is 0.0697. The fourth-order valence-corrected chi connectivity index (χ4v) is 2.81. The van der Waals surface area contributed by atoms with Crippen LogP contribution in [0.1, 0.15) is 54.6 Å². The summed E-state index contributed by atoms with van der Waals surface area (Å²) in [6, 6.07) is 3.95. The molecule has 1 unspecified atom stereocenters. The first kappa shape index (κ1) is 12.0. The first-order valence-electron chi connectivity index (χ1n) is 5.97. The number of carboxylic acid groups (broad SMARTS) is 1. The van der Waals surface area contributed by atoms with Crippen LogP contribution < -0.4 is 5.32 Å². The molecule has 3 heteroatoms. The molecule has 0 saturated carbocycles. The molecule has 0 fully saturated rings. The molecule has 0 bridgehead atoms. The summed E-state index contributed by atoms with van der Waals surface area (Å²) in [5, 5.41) is 12.7. The molecular formula is C14H19NO2. The quantitative estimate of drug-likeness (QED) is 0.781. The Kier molecular flexibility index (Phi) is 2.64. The molecule has 1 aliphatic rings. The summed E-state index contributed by atoms with van der Waals surface area (Å²) in [7, 11) is 0. The second kappa shape index (κ2) is 3.76. The smallest absolute Gasteiger partial charge is 0.338 e. The van der Waals surface area contributed by atoms with Gasteiger partial charge in [-0.25, -0.2) is 4.79 Å². The molecule has 1 atom stereocenters. The second-order valence-corrected chi connectivity index (χ2v) is 5.64. The highest BCUT2D eigenvalue weighted by Crippen LogP contribution is 2.41. The summed E-state index contributed by atoms with van der Waals surface area (Å²) in [4.78, 5) is 11.4. The van der Waals surface area contributed by atoms with Crippen LogP contribution in [0.3, 0.4) is 0 Å². The van der Waals surface area contributed by atoms with E-state index in [0.29, 0.717) is 11.5 Å². The van der Waals surface area contributed by atoms with E-state index >= 15 is 0 Å². The van der Waals surface area contributed by atoms with Crippen LogP contribution in [0.15, 0.2) is 12.1 Å². The lowest BCUT2D eigenvalue weighted by atomic mass is 9.80. The summed E-state index contributed by atoms with van der Waals surface area (Å²) in [6.45, 7) is 8.22. The number of rotatable bonds is 1. The molecule has 1 aromatic rings. The van der Waals surface area contributed by atoms with Gasteiger partial charge in [-0.2, -0.15) is 0 Å². The van der Waals surface area contributed by atoms with Gasteiger partial charge >= 0.3 is 5.97 Å². The lowest BCUT2D eigenvalue weighted by Crippen LogP contribution is -2.37. The zero-order chi connectivity index (χ0) is 12.8. The van der Waals surface area contributed by atoms with Crippen molar-refractivity contribution in [2.45, 2.75) is 45.6 Å². The minimum absolute atomic E-state index is 0.0512. The van der Waals surface area contributed by atoms with E-state index < -0.39 is 5.97 Å². The van der Waals surface area contributed by atoms with Gasteiger partial charge in [-0.15, -0.1) is 0 Å². The van der Waals surface area contributed by atoms with Crippen LogP contribution >= 0.6 is 0 Å². The number of aryl methyl sites for hydroxylation is 1. The van der Waals surface area contributed by atoms with Crippen molar-refractivity contribution in [1.82, 2.24) is 0 Å². The summed E-state index contributed by atoms with van der Waals surface area (Å²) in [6.07, 6.45) is 1.02. The number of benzene rings is 1. The summed E-state index contributed by atoms with van der Waals surface area (Å²) >= 11 is 0. The molecule has 2 N–H and O–H groups in total. The van der Waals surface area contributed by atoms with Gasteiger partial charge in [-0.1, -0.05) is 19.1 Å². The molecule has 0 amide bonds. The Hall–Kier alpha value is -1.51. The van der Waals surface area contributed by atoms with Crippen LogP contribution in [0.4, 0.5) is 5.69 Å². The van der Waals surface area contributed by atoms with E-state index in [1.807, 2.05) is 19.1 Å². The minimum Gasteiger partial charge on any atom is -0.478 e. The third kappa shape index (κ3) is 2.02. The molecule has 0 radical (unpaired) electrons. The molecule has 0 aliphatic carbocycles. The Balaban J connectivity index is 2.65. The minimum atomic E-state index is -0.850. The van der Waals surface area contributed by atoms with Gasteiger partial charge in [0.1, 0.15) is 0 Å². The fourth-order valence-electron chi connectivity index (χ4n) is 2.81. The van der Waals surface area contributed by atoms with Crippen molar-refractivity contribution in [3.63, 3.8) is 0 Å². The van der Waals surface area contributed by atoms with Crippen molar-refractivity contribution in [1.29, 1.82) is 0 Å². The van der Waals surface area contributed by atoms with E-state index in [0.717, 1.165) is 23.2 Å². The number of carbonyl (C=O) groups is 1. The van der Waals surface area contributed by atoms with E-state index in [1.54, 1.807) is 0 Å². The van der Waals surface area contributed by atoms with Gasteiger partial charge in [0, 0.05) is 5.54 Å². The van der Waals surface area contributed by atoms with E-state index in [1.165, 1.54) is 0 Å². The molecule has 0 aromatic heterocycles. The van der Waals surface area contributed by atoms with Crippen LogP contribution in [-0.2, 0) is 0 Å². The van der Waals surface area contributed by atoms with Crippen molar-refractivity contribution in [3.05, 3.63) is 28.8 Å². The molecule has 3 nitrogen and oxygen atoms in total. The highest BCUT2D eigenvalue weighted by Gasteiger charge is 2.32. The first-order valence-corrected chi connectivity index (χ1v) is 5.97. The molecule has 0 spiro atoms. The fraction of sp³-hybridized carbons (Fsp3) is 0.500. The monoisotopic (exact) mass is 233 g/mol. The van der Waals surface area contributed by atoms with Gasteiger partial charge in [-0.05, 0) is 44.2 Å². The third-order valence-electron chi connectivity index (χ3n) is 3.47. The molecule has 17 heavy (non-hydrogen) atoms. The number of hydrogen-bond donors (Lipinski definition) is 2. The lowest BCUT2D eigenvalue weighted by Gasteiger charge is -2.38.